The van der Waals surface area contributed by atoms with E-state index in [0.29, 0.717) is 6.61 Å². The van der Waals surface area contributed by atoms with Gasteiger partial charge in [-0.2, -0.15) is 0 Å². The van der Waals surface area contributed by atoms with Gasteiger partial charge < -0.3 is 14.6 Å². The van der Waals surface area contributed by atoms with Gasteiger partial charge in [0.15, 0.2) is 0 Å². The molecule has 0 heterocycles. The molecule has 0 aliphatic rings. The van der Waals surface area contributed by atoms with E-state index in [2.05, 4.69) is 0 Å². The van der Waals surface area contributed by atoms with Gasteiger partial charge in [0.1, 0.15) is 12.2 Å². The van der Waals surface area contributed by atoms with Crippen LogP contribution in [0.15, 0.2) is 42.5 Å². The zero-order valence-electron chi connectivity index (χ0n) is 10.4. The van der Waals surface area contributed by atoms with Gasteiger partial charge in [-0.15, -0.1) is 0 Å². The molecular weight excluding hydrogens is 216 g/mol. The van der Waals surface area contributed by atoms with Crippen LogP contribution in [0.2, 0.25) is 0 Å². The zero-order chi connectivity index (χ0) is 12.5. The van der Waals surface area contributed by atoms with E-state index in [1.807, 2.05) is 49.4 Å². The Bertz CT molecular complexity index is 321. The Morgan fingerprint density at radius 3 is 2.59 bits per heavy atom. The Kier molecular flexibility index (Phi) is 6.55. The van der Waals surface area contributed by atoms with E-state index < -0.39 is 6.10 Å². The molecule has 1 rings (SSSR count). The van der Waals surface area contributed by atoms with Crippen molar-refractivity contribution in [3.05, 3.63) is 48.0 Å². The monoisotopic (exact) mass is 236 g/mol. The number of aliphatic hydroxyl groups is 1. The molecule has 2 atom stereocenters. The summed E-state index contributed by atoms with van der Waals surface area (Å²) in [5, 5.41) is 9.82. The van der Waals surface area contributed by atoms with E-state index in [9.17, 15) is 5.11 Å². The summed E-state index contributed by atoms with van der Waals surface area (Å²) in [5.74, 6) is 0. The topological polar surface area (TPSA) is 38.7 Å². The molecule has 0 fully saturated rings. The van der Waals surface area contributed by atoms with Gasteiger partial charge >= 0.3 is 0 Å². The Labute approximate surface area is 103 Å². The molecule has 0 aromatic heterocycles. The lowest BCUT2D eigenvalue weighted by atomic mass is 10.2. The minimum absolute atomic E-state index is 0.262. The van der Waals surface area contributed by atoms with Crippen LogP contribution < -0.4 is 0 Å². The molecule has 0 bridgehead atoms. The molecule has 0 radical (unpaired) electrons. The number of hydrogen-bond donors (Lipinski definition) is 1. The number of rotatable bonds is 7. The second-order valence-corrected chi connectivity index (χ2v) is 3.79. The average molecular weight is 236 g/mol. The first-order valence-electron chi connectivity index (χ1n) is 5.73. The minimum Gasteiger partial charge on any atom is -0.388 e. The number of methoxy groups -OCH3 is 1. The van der Waals surface area contributed by atoms with E-state index in [1.165, 1.54) is 0 Å². The van der Waals surface area contributed by atoms with Crippen LogP contribution in [-0.4, -0.2) is 31.0 Å². The highest BCUT2D eigenvalue weighted by atomic mass is 16.5. The van der Waals surface area contributed by atoms with Gasteiger partial charge in [-0.1, -0.05) is 42.5 Å². The SMILES string of the molecule is C/C=C/C(OC)[C@H](O)COCc1ccccc1. The highest BCUT2D eigenvalue weighted by Crippen LogP contribution is 2.05. The third kappa shape index (κ3) is 5.13. The van der Waals surface area contributed by atoms with Gasteiger partial charge in [-0.3, -0.25) is 0 Å². The maximum Gasteiger partial charge on any atom is 0.107 e. The van der Waals surface area contributed by atoms with Gasteiger partial charge in [0, 0.05) is 7.11 Å². The Hall–Kier alpha value is -1.16. The molecule has 0 saturated heterocycles. The smallest absolute Gasteiger partial charge is 0.107 e. The first-order chi connectivity index (χ1) is 8.27. The first kappa shape index (κ1) is 13.9. The fraction of sp³-hybridized carbons (Fsp3) is 0.429. The fourth-order valence-corrected chi connectivity index (χ4v) is 1.52. The maximum absolute atomic E-state index is 9.82. The summed E-state index contributed by atoms with van der Waals surface area (Å²) < 4.78 is 10.6. The lowest BCUT2D eigenvalue weighted by Crippen LogP contribution is -2.30. The molecule has 3 nitrogen and oxygen atoms in total. The fourth-order valence-electron chi connectivity index (χ4n) is 1.52. The van der Waals surface area contributed by atoms with E-state index in [4.69, 9.17) is 9.47 Å². The number of benzene rings is 1. The number of aliphatic hydroxyl groups excluding tert-OH is 1. The van der Waals surface area contributed by atoms with E-state index >= 15 is 0 Å². The van der Waals surface area contributed by atoms with Crippen molar-refractivity contribution < 1.29 is 14.6 Å². The second kappa shape index (κ2) is 8.01. The van der Waals surface area contributed by atoms with Gasteiger partial charge in [-0.05, 0) is 12.5 Å². The standard InChI is InChI=1S/C14H20O3/c1-3-7-14(16-2)13(15)11-17-10-12-8-5-4-6-9-12/h3-9,13-15H,10-11H2,1-2H3/b7-3+/t13-,14?/m1/s1. The predicted octanol–water partition coefficient (Wildman–Crippen LogP) is 2.16. The minimum atomic E-state index is -0.639. The van der Waals surface area contributed by atoms with Crippen LogP contribution in [0, 0.1) is 0 Å². The van der Waals surface area contributed by atoms with E-state index in [-0.39, 0.29) is 12.7 Å². The summed E-state index contributed by atoms with van der Waals surface area (Å²) >= 11 is 0. The first-order valence-corrected chi connectivity index (χ1v) is 5.73. The number of hydrogen-bond acceptors (Lipinski definition) is 3. The number of allylic oxidation sites excluding steroid dienone is 1. The summed E-state index contributed by atoms with van der Waals surface area (Å²) in [4.78, 5) is 0. The molecule has 17 heavy (non-hydrogen) atoms. The van der Waals surface area contributed by atoms with Gasteiger partial charge in [0.05, 0.1) is 13.2 Å². The lowest BCUT2D eigenvalue weighted by molar-refractivity contribution is -0.0401. The van der Waals surface area contributed by atoms with Gasteiger partial charge in [-0.25, -0.2) is 0 Å². The Balaban J connectivity index is 2.30. The van der Waals surface area contributed by atoms with E-state index in [1.54, 1.807) is 7.11 Å². The summed E-state index contributed by atoms with van der Waals surface area (Å²) in [5.41, 5.74) is 1.10. The summed E-state index contributed by atoms with van der Waals surface area (Å²) in [6.45, 7) is 2.66. The van der Waals surface area contributed by atoms with Crippen LogP contribution in [0.3, 0.4) is 0 Å². The van der Waals surface area contributed by atoms with Crippen LogP contribution in [0.5, 0.6) is 0 Å². The van der Waals surface area contributed by atoms with Gasteiger partial charge in [0.25, 0.3) is 0 Å². The van der Waals surface area contributed by atoms with Crippen molar-refractivity contribution in [2.75, 3.05) is 13.7 Å². The maximum atomic E-state index is 9.82. The van der Waals surface area contributed by atoms with Crippen molar-refractivity contribution in [3.63, 3.8) is 0 Å². The van der Waals surface area contributed by atoms with Crippen molar-refractivity contribution in [2.24, 2.45) is 0 Å². The van der Waals surface area contributed by atoms with Gasteiger partial charge in [0.2, 0.25) is 0 Å². The molecule has 3 heteroatoms. The third-order valence-corrected chi connectivity index (χ3v) is 2.43. The molecule has 0 spiro atoms. The summed E-state index contributed by atoms with van der Waals surface area (Å²) in [7, 11) is 1.57. The van der Waals surface area contributed by atoms with Crippen molar-refractivity contribution in [1.82, 2.24) is 0 Å². The van der Waals surface area contributed by atoms with Crippen LogP contribution in [0.1, 0.15) is 12.5 Å². The van der Waals surface area contributed by atoms with Crippen molar-refractivity contribution in [3.8, 4) is 0 Å². The molecule has 94 valence electrons. The molecule has 0 aliphatic heterocycles. The zero-order valence-corrected chi connectivity index (χ0v) is 10.4. The predicted molar refractivity (Wildman–Crippen MR) is 67.7 cm³/mol. The summed E-state index contributed by atoms with van der Waals surface area (Å²) in [6.07, 6.45) is 2.72. The molecule has 0 aliphatic carbocycles. The van der Waals surface area contributed by atoms with Crippen LogP contribution in [0.25, 0.3) is 0 Å². The second-order valence-electron chi connectivity index (χ2n) is 3.79. The third-order valence-electron chi connectivity index (χ3n) is 2.43. The van der Waals surface area contributed by atoms with Crippen molar-refractivity contribution in [1.29, 1.82) is 0 Å². The highest BCUT2D eigenvalue weighted by molar-refractivity contribution is 5.13. The molecule has 1 aromatic rings. The largest absolute Gasteiger partial charge is 0.388 e. The van der Waals surface area contributed by atoms with Crippen molar-refractivity contribution in [2.45, 2.75) is 25.7 Å². The summed E-state index contributed by atoms with van der Waals surface area (Å²) in [6, 6.07) is 9.88. The van der Waals surface area contributed by atoms with Crippen molar-refractivity contribution >= 4 is 0 Å². The molecule has 1 aromatic carbocycles. The molecule has 0 amide bonds. The average Bonchev–Trinajstić information content (AvgIpc) is 2.37. The molecule has 1 N–H and O–H groups in total. The van der Waals surface area contributed by atoms with Crippen LogP contribution in [0.4, 0.5) is 0 Å². The van der Waals surface area contributed by atoms with Crippen LogP contribution in [-0.2, 0) is 16.1 Å². The quantitative estimate of drug-likeness (QED) is 0.737. The molecule has 1 unspecified atom stereocenters. The Morgan fingerprint density at radius 2 is 2.00 bits per heavy atom. The molecule has 0 saturated carbocycles. The Morgan fingerprint density at radius 1 is 1.29 bits per heavy atom. The normalized spacial score (nSPS) is 15.0. The lowest BCUT2D eigenvalue weighted by Gasteiger charge is -2.18. The number of ether oxygens (including phenoxy) is 2. The van der Waals surface area contributed by atoms with E-state index in [0.717, 1.165) is 5.56 Å². The van der Waals surface area contributed by atoms with Crippen LogP contribution >= 0.6 is 0 Å². The molecular formula is C14H20O3. The highest BCUT2D eigenvalue weighted by Gasteiger charge is 2.15.